The van der Waals surface area contributed by atoms with Crippen molar-refractivity contribution < 1.29 is 4.42 Å². The molecule has 0 bridgehead atoms. The summed E-state index contributed by atoms with van der Waals surface area (Å²) in [7, 11) is 0. The molecule has 0 saturated heterocycles. The van der Waals surface area contributed by atoms with Gasteiger partial charge in [-0.1, -0.05) is 54.6 Å². The molecule has 0 unspecified atom stereocenters. The van der Waals surface area contributed by atoms with Gasteiger partial charge in [-0.05, 0) is 40.9 Å². The largest absolute Gasteiger partial charge is 0.439 e. The lowest BCUT2D eigenvalue weighted by atomic mass is 10.0. The standard InChI is InChI=1S/C22H15ClN4O/c23-22-26-17-11-6-9-15(14-7-2-1-3-8-14)20(17)21(27-22)24-13-19-25-16-10-4-5-12-18(16)28-19/h1-12H,13H2,(H,24,26,27). The molecule has 28 heavy (non-hydrogen) atoms. The topological polar surface area (TPSA) is 63.8 Å². The predicted octanol–water partition coefficient (Wildman–Crippen LogP) is 5.70. The van der Waals surface area contributed by atoms with Crippen LogP contribution in [-0.4, -0.2) is 15.0 Å². The van der Waals surface area contributed by atoms with Crippen LogP contribution in [0.4, 0.5) is 5.82 Å². The second-order valence-corrected chi connectivity index (χ2v) is 6.67. The Bertz CT molecular complexity index is 1250. The minimum Gasteiger partial charge on any atom is -0.439 e. The van der Waals surface area contributed by atoms with Crippen molar-refractivity contribution >= 4 is 39.4 Å². The lowest BCUT2D eigenvalue weighted by Gasteiger charge is -2.12. The Kier molecular flexibility index (Phi) is 4.14. The van der Waals surface area contributed by atoms with Crippen LogP contribution in [0.1, 0.15) is 5.89 Å². The van der Waals surface area contributed by atoms with Gasteiger partial charge in [0.05, 0.1) is 17.4 Å². The molecule has 1 N–H and O–H groups in total. The van der Waals surface area contributed by atoms with E-state index in [0.717, 1.165) is 33.1 Å². The van der Waals surface area contributed by atoms with Gasteiger partial charge in [-0.15, -0.1) is 0 Å². The molecule has 3 aromatic carbocycles. The Morgan fingerprint density at radius 3 is 2.43 bits per heavy atom. The van der Waals surface area contributed by atoms with E-state index in [4.69, 9.17) is 16.0 Å². The zero-order valence-corrected chi connectivity index (χ0v) is 15.5. The molecule has 5 aromatic rings. The third-order valence-corrected chi connectivity index (χ3v) is 4.70. The van der Waals surface area contributed by atoms with E-state index in [9.17, 15) is 0 Å². The van der Waals surface area contributed by atoms with Gasteiger partial charge in [0.1, 0.15) is 11.3 Å². The number of fused-ring (bicyclic) bond motifs is 2. The van der Waals surface area contributed by atoms with Crippen molar-refractivity contribution in [2.24, 2.45) is 0 Å². The van der Waals surface area contributed by atoms with E-state index in [-0.39, 0.29) is 5.28 Å². The first-order chi connectivity index (χ1) is 13.8. The van der Waals surface area contributed by atoms with E-state index in [1.807, 2.05) is 54.6 Å². The molecular weight excluding hydrogens is 372 g/mol. The Labute approximate surface area is 166 Å². The zero-order chi connectivity index (χ0) is 18.9. The van der Waals surface area contributed by atoms with Crippen molar-refractivity contribution in [2.75, 3.05) is 5.32 Å². The smallest absolute Gasteiger partial charge is 0.224 e. The molecule has 0 aliphatic heterocycles. The van der Waals surface area contributed by atoms with Gasteiger partial charge in [-0.3, -0.25) is 0 Å². The van der Waals surface area contributed by atoms with Crippen molar-refractivity contribution in [1.82, 2.24) is 15.0 Å². The number of aromatic nitrogens is 3. The molecule has 2 aromatic heterocycles. The molecule has 5 nitrogen and oxygen atoms in total. The molecule has 136 valence electrons. The summed E-state index contributed by atoms with van der Waals surface area (Å²) in [5, 5.41) is 4.43. The molecule has 0 atom stereocenters. The molecule has 0 saturated carbocycles. The van der Waals surface area contributed by atoms with Crippen LogP contribution in [0.25, 0.3) is 33.1 Å². The van der Waals surface area contributed by atoms with Crippen molar-refractivity contribution in [3.63, 3.8) is 0 Å². The zero-order valence-electron chi connectivity index (χ0n) is 14.8. The summed E-state index contributed by atoms with van der Waals surface area (Å²) < 4.78 is 5.80. The number of hydrogen-bond donors (Lipinski definition) is 1. The maximum atomic E-state index is 6.17. The molecule has 0 amide bonds. The summed E-state index contributed by atoms with van der Waals surface area (Å²) in [5.74, 6) is 1.23. The van der Waals surface area contributed by atoms with Crippen LogP contribution in [0.5, 0.6) is 0 Å². The Morgan fingerprint density at radius 2 is 1.57 bits per heavy atom. The first kappa shape index (κ1) is 16.7. The Hall–Kier alpha value is -3.44. The van der Waals surface area contributed by atoms with Crippen LogP contribution in [0, 0.1) is 0 Å². The fourth-order valence-corrected chi connectivity index (χ4v) is 3.47. The number of nitrogens with zero attached hydrogens (tertiary/aromatic N) is 3. The molecule has 6 heteroatoms. The minimum absolute atomic E-state index is 0.192. The van der Waals surface area contributed by atoms with Crippen LogP contribution in [0.3, 0.4) is 0 Å². The molecule has 0 radical (unpaired) electrons. The van der Waals surface area contributed by atoms with E-state index in [1.165, 1.54) is 0 Å². The second kappa shape index (κ2) is 6.94. The number of anilines is 1. The highest BCUT2D eigenvalue weighted by Gasteiger charge is 2.13. The Balaban J connectivity index is 1.58. The number of benzene rings is 3. The van der Waals surface area contributed by atoms with Crippen LogP contribution >= 0.6 is 11.6 Å². The SMILES string of the molecule is Clc1nc(NCc2nc3ccccc3o2)c2c(-c3ccccc3)cccc2n1. The molecule has 0 spiro atoms. The average Bonchev–Trinajstić information content (AvgIpc) is 3.15. The van der Waals surface area contributed by atoms with Crippen molar-refractivity contribution in [1.29, 1.82) is 0 Å². The molecule has 5 rings (SSSR count). The molecule has 0 fully saturated rings. The second-order valence-electron chi connectivity index (χ2n) is 6.34. The molecule has 2 heterocycles. The van der Waals surface area contributed by atoms with E-state index in [0.29, 0.717) is 18.3 Å². The number of nitrogens with one attached hydrogen (secondary N) is 1. The summed E-state index contributed by atoms with van der Waals surface area (Å²) in [6.45, 7) is 0.389. The van der Waals surface area contributed by atoms with E-state index in [2.05, 4.69) is 38.5 Å². The van der Waals surface area contributed by atoms with Crippen molar-refractivity contribution in [2.45, 2.75) is 6.54 Å². The highest BCUT2D eigenvalue weighted by atomic mass is 35.5. The van der Waals surface area contributed by atoms with Crippen molar-refractivity contribution in [3.05, 3.63) is 84.0 Å². The fourth-order valence-electron chi connectivity index (χ4n) is 3.30. The first-order valence-corrected chi connectivity index (χ1v) is 9.26. The highest BCUT2D eigenvalue weighted by Crippen LogP contribution is 2.33. The number of rotatable bonds is 4. The third-order valence-electron chi connectivity index (χ3n) is 4.53. The van der Waals surface area contributed by atoms with Crippen LogP contribution in [0.15, 0.2) is 77.2 Å². The van der Waals surface area contributed by atoms with Gasteiger partial charge in [0, 0.05) is 0 Å². The summed E-state index contributed by atoms with van der Waals surface area (Å²) in [6, 6.07) is 23.8. The normalized spacial score (nSPS) is 11.2. The number of hydrogen-bond acceptors (Lipinski definition) is 5. The minimum atomic E-state index is 0.192. The van der Waals surface area contributed by atoms with E-state index < -0.39 is 0 Å². The van der Waals surface area contributed by atoms with Gasteiger partial charge in [0.25, 0.3) is 0 Å². The van der Waals surface area contributed by atoms with Gasteiger partial charge >= 0.3 is 0 Å². The fraction of sp³-hybridized carbons (Fsp3) is 0.0455. The summed E-state index contributed by atoms with van der Waals surface area (Å²) in [6.07, 6.45) is 0. The maximum absolute atomic E-state index is 6.17. The van der Waals surface area contributed by atoms with Gasteiger partial charge in [0.2, 0.25) is 11.2 Å². The van der Waals surface area contributed by atoms with Gasteiger partial charge in [-0.2, -0.15) is 0 Å². The van der Waals surface area contributed by atoms with E-state index in [1.54, 1.807) is 0 Å². The van der Waals surface area contributed by atoms with Gasteiger partial charge in [0.15, 0.2) is 5.58 Å². The van der Waals surface area contributed by atoms with Crippen LogP contribution in [-0.2, 0) is 6.54 Å². The van der Waals surface area contributed by atoms with Crippen LogP contribution in [0.2, 0.25) is 5.28 Å². The summed E-state index contributed by atoms with van der Waals surface area (Å²) in [4.78, 5) is 13.3. The highest BCUT2D eigenvalue weighted by molar-refractivity contribution is 6.29. The monoisotopic (exact) mass is 386 g/mol. The molecule has 0 aliphatic rings. The van der Waals surface area contributed by atoms with Crippen LogP contribution < -0.4 is 5.32 Å². The van der Waals surface area contributed by atoms with Crippen molar-refractivity contribution in [3.8, 4) is 11.1 Å². The quantitative estimate of drug-likeness (QED) is 0.401. The number of para-hydroxylation sites is 2. The Morgan fingerprint density at radius 1 is 0.786 bits per heavy atom. The van der Waals surface area contributed by atoms with Gasteiger partial charge < -0.3 is 9.73 Å². The molecular formula is C22H15ClN4O. The third kappa shape index (κ3) is 3.06. The van der Waals surface area contributed by atoms with E-state index >= 15 is 0 Å². The lowest BCUT2D eigenvalue weighted by Crippen LogP contribution is -2.04. The number of halogens is 1. The predicted molar refractivity (Wildman–Crippen MR) is 111 cm³/mol. The maximum Gasteiger partial charge on any atom is 0.224 e. The first-order valence-electron chi connectivity index (χ1n) is 8.88. The summed E-state index contributed by atoms with van der Waals surface area (Å²) >= 11 is 6.17. The average molecular weight is 387 g/mol. The number of oxazole rings is 1. The molecule has 0 aliphatic carbocycles. The van der Waals surface area contributed by atoms with Gasteiger partial charge in [-0.25, -0.2) is 15.0 Å². The summed E-state index contributed by atoms with van der Waals surface area (Å²) in [5.41, 5.74) is 4.49. The lowest BCUT2D eigenvalue weighted by molar-refractivity contribution is 0.540.